The molecule has 0 saturated carbocycles. The van der Waals surface area contributed by atoms with E-state index in [0.29, 0.717) is 10.8 Å². The van der Waals surface area contributed by atoms with Gasteiger partial charge in [-0.2, -0.15) is 0 Å². The fourth-order valence-electron chi connectivity index (χ4n) is 3.45. The number of primary amides is 1. The van der Waals surface area contributed by atoms with E-state index in [1.54, 1.807) is 17.5 Å². The number of hydrogen-bond acceptors (Lipinski definition) is 6. The smallest absolute Gasteiger partial charge is 0.259 e. The van der Waals surface area contributed by atoms with Crippen molar-refractivity contribution >= 4 is 38.8 Å². The number of amides is 1. The first-order chi connectivity index (χ1) is 11.6. The summed E-state index contributed by atoms with van der Waals surface area (Å²) in [5.74, 6) is -0.0102. The molecular weight excluding hydrogens is 340 g/mol. The summed E-state index contributed by atoms with van der Waals surface area (Å²) in [6, 6.07) is 3.98. The van der Waals surface area contributed by atoms with Crippen molar-refractivity contribution in [3.8, 4) is 0 Å². The number of likely N-dealkylation sites (tertiary alicyclic amines) is 1. The predicted octanol–water partition coefficient (Wildman–Crippen LogP) is 3.15. The molecule has 1 aliphatic heterocycles. The van der Waals surface area contributed by atoms with Crippen molar-refractivity contribution in [2.24, 2.45) is 5.73 Å². The summed E-state index contributed by atoms with van der Waals surface area (Å²) < 4.78 is 0. The zero-order valence-electron chi connectivity index (χ0n) is 13.4. The first kappa shape index (κ1) is 15.7. The topological polar surface area (TPSA) is 72.1 Å². The Bertz CT molecular complexity index is 901. The second-order valence-electron chi connectivity index (χ2n) is 6.13. The van der Waals surface area contributed by atoms with Crippen molar-refractivity contribution < 1.29 is 4.79 Å². The molecule has 5 nitrogen and oxygen atoms in total. The van der Waals surface area contributed by atoms with E-state index in [1.165, 1.54) is 16.2 Å². The lowest BCUT2D eigenvalue weighted by molar-refractivity contribution is 0.100. The molecule has 24 heavy (non-hydrogen) atoms. The SMILES string of the molecule is Cc1ncc(CN2CCC(c3c(C(N)=O)sc4ncccc34)C2)s1. The zero-order valence-corrected chi connectivity index (χ0v) is 15.0. The largest absolute Gasteiger partial charge is 0.365 e. The number of aromatic nitrogens is 2. The Labute approximate surface area is 148 Å². The molecule has 3 aromatic rings. The van der Waals surface area contributed by atoms with Crippen molar-refractivity contribution in [2.45, 2.75) is 25.8 Å². The highest BCUT2D eigenvalue weighted by atomic mass is 32.1. The lowest BCUT2D eigenvalue weighted by Crippen LogP contribution is -2.20. The van der Waals surface area contributed by atoms with Crippen LogP contribution in [-0.4, -0.2) is 33.9 Å². The van der Waals surface area contributed by atoms with Crippen LogP contribution in [0.2, 0.25) is 0 Å². The zero-order chi connectivity index (χ0) is 16.7. The number of carbonyl (C=O) groups excluding carboxylic acids is 1. The lowest BCUT2D eigenvalue weighted by atomic mass is 9.95. The van der Waals surface area contributed by atoms with E-state index in [2.05, 4.69) is 20.9 Å². The number of rotatable bonds is 4. The van der Waals surface area contributed by atoms with Gasteiger partial charge in [0.25, 0.3) is 5.91 Å². The van der Waals surface area contributed by atoms with Gasteiger partial charge in [0, 0.05) is 41.7 Å². The molecule has 1 atom stereocenters. The van der Waals surface area contributed by atoms with Gasteiger partial charge < -0.3 is 5.73 Å². The quantitative estimate of drug-likeness (QED) is 0.778. The van der Waals surface area contributed by atoms with E-state index < -0.39 is 0 Å². The molecule has 0 radical (unpaired) electrons. The lowest BCUT2D eigenvalue weighted by Gasteiger charge is -2.15. The van der Waals surface area contributed by atoms with Gasteiger partial charge in [0.05, 0.1) is 9.88 Å². The first-order valence-electron chi connectivity index (χ1n) is 7.92. The van der Waals surface area contributed by atoms with Crippen molar-refractivity contribution in [2.75, 3.05) is 13.1 Å². The Hall–Kier alpha value is -1.83. The number of nitrogens with zero attached hydrogens (tertiary/aromatic N) is 3. The summed E-state index contributed by atoms with van der Waals surface area (Å²) in [7, 11) is 0. The molecule has 0 spiro atoms. The van der Waals surface area contributed by atoms with E-state index in [1.807, 2.05) is 19.2 Å². The third-order valence-corrected chi connectivity index (χ3v) is 6.50. The summed E-state index contributed by atoms with van der Waals surface area (Å²) in [5.41, 5.74) is 6.73. The van der Waals surface area contributed by atoms with Crippen LogP contribution < -0.4 is 5.73 Å². The molecular formula is C17H18N4OS2. The molecule has 1 amide bonds. The maximum Gasteiger partial charge on any atom is 0.259 e. The maximum absolute atomic E-state index is 11.9. The molecule has 1 saturated heterocycles. The van der Waals surface area contributed by atoms with Crippen LogP contribution >= 0.6 is 22.7 Å². The molecule has 4 heterocycles. The number of thiazole rings is 1. The predicted molar refractivity (Wildman–Crippen MR) is 97.6 cm³/mol. The summed E-state index contributed by atoms with van der Waals surface area (Å²) in [6.45, 7) is 4.92. The highest BCUT2D eigenvalue weighted by Crippen LogP contribution is 2.39. The number of carbonyl (C=O) groups is 1. The van der Waals surface area contributed by atoms with Crippen molar-refractivity contribution in [3.05, 3.63) is 44.9 Å². The summed E-state index contributed by atoms with van der Waals surface area (Å²) in [6.07, 6.45) is 4.77. The average Bonchev–Trinajstić information content (AvgIpc) is 3.25. The van der Waals surface area contributed by atoms with Crippen LogP contribution in [-0.2, 0) is 6.54 Å². The van der Waals surface area contributed by atoms with Crippen LogP contribution in [0.25, 0.3) is 10.2 Å². The molecule has 4 rings (SSSR count). The Morgan fingerprint density at radius 3 is 3.04 bits per heavy atom. The number of nitrogens with two attached hydrogens (primary N) is 1. The molecule has 1 aliphatic rings. The minimum atomic E-state index is -0.343. The maximum atomic E-state index is 11.9. The van der Waals surface area contributed by atoms with Gasteiger partial charge >= 0.3 is 0 Å². The van der Waals surface area contributed by atoms with Gasteiger partial charge in [-0.05, 0) is 31.5 Å². The first-order valence-corrected chi connectivity index (χ1v) is 9.56. The Morgan fingerprint density at radius 2 is 2.29 bits per heavy atom. The van der Waals surface area contributed by atoms with Gasteiger partial charge in [0.2, 0.25) is 0 Å². The van der Waals surface area contributed by atoms with Crippen LogP contribution in [0.3, 0.4) is 0 Å². The fourth-order valence-corrected chi connectivity index (χ4v) is 5.37. The number of hydrogen-bond donors (Lipinski definition) is 1. The van der Waals surface area contributed by atoms with Gasteiger partial charge in [0.15, 0.2) is 0 Å². The van der Waals surface area contributed by atoms with Gasteiger partial charge in [-0.3, -0.25) is 9.69 Å². The summed E-state index contributed by atoms with van der Waals surface area (Å²) in [5, 5.41) is 2.18. The fraction of sp³-hybridized carbons (Fsp3) is 0.353. The third-order valence-electron chi connectivity index (χ3n) is 4.46. The Morgan fingerprint density at radius 1 is 1.42 bits per heavy atom. The normalized spacial score (nSPS) is 18.5. The van der Waals surface area contributed by atoms with Crippen LogP contribution in [0, 0.1) is 6.92 Å². The van der Waals surface area contributed by atoms with E-state index in [9.17, 15) is 4.79 Å². The second kappa shape index (κ2) is 6.23. The van der Waals surface area contributed by atoms with Crippen molar-refractivity contribution in [1.82, 2.24) is 14.9 Å². The average molecular weight is 358 g/mol. The third kappa shape index (κ3) is 2.83. The van der Waals surface area contributed by atoms with E-state index >= 15 is 0 Å². The highest BCUT2D eigenvalue weighted by Gasteiger charge is 2.30. The molecule has 1 unspecified atom stereocenters. The van der Waals surface area contributed by atoms with Gasteiger partial charge in [-0.25, -0.2) is 9.97 Å². The summed E-state index contributed by atoms with van der Waals surface area (Å²) >= 11 is 3.16. The Balaban J connectivity index is 1.61. The molecule has 7 heteroatoms. The molecule has 0 aliphatic carbocycles. The van der Waals surface area contributed by atoms with Gasteiger partial charge in [-0.1, -0.05) is 6.07 Å². The molecule has 124 valence electrons. The molecule has 0 aromatic carbocycles. The van der Waals surface area contributed by atoms with Crippen LogP contribution in [0.15, 0.2) is 24.5 Å². The minimum Gasteiger partial charge on any atom is -0.365 e. The highest BCUT2D eigenvalue weighted by molar-refractivity contribution is 7.20. The number of aryl methyl sites for hydroxylation is 1. The second-order valence-corrected chi connectivity index (χ2v) is 8.45. The number of fused-ring (bicyclic) bond motifs is 1. The van der Waals surface area contributed by atoms with E-state index in [-0.39, 0.29) is 5.91 Å². The monoisotopic (exact) mass is 358 g/mol. The van der Waals surface area contributed by atoms with E-state index in [0.717, 1.165) is 46.8 Å². The molecule has 0 bridgehead atoms. The number of pyridine rings is 1. The molecule has 3 aromatic heterocycles. The Kier molecular flexibility index (Phi) is 4.07. The van der Waals surface area contributed by atoms with Crippen LogP contribution in [0.1, 0.15) is 37.5 Å². The van der Waals surface area contributed by atoms with Crippen LogP contribution in [0.5, 0.6) is 0 Å². The van der Waals surface area contributed by atoms with E-state index in [4.69, 9.17) is 5.73 Å². The van der Waals surface area contributed by atoms with Gasteiger partial charge in [0.1, 0.15) is 4.83 Å². The summed E-state index contributed by atoms with van der Waals surface area (Å²) in [4.78, 5) is 25.9. The van der Waals surface area contributed by atoms with Crippen LogP contribution in [0.4, 0.5) is 0 Å². The molecule has 1 fully saturated rings. The van der Waals surface area contributed by atoms with Crippen molar-refractivity contribution in [3.63, 3.8) is 0 Å². The molecule has 2 N–H and O–H groups in total. The minimum absolute atomic E-state index is 0.333. The standard InChI is InChI=1S/C17H18N4OS2/c1-10-20-7-12(23-10)9-21-6-4-11(8-21)14-13-3-2-5-19-17(13)24-15(14)16(18)22/h2-3,5,7,11H,4,6,8-9H2,1H3,(H2,18,22). The van der Waals surface area contributed by atoms with Crippen molar-refractivity contribution in [1.29, 1.82) is 0 Å². The van der Waals surface area contributed by atoms with Gasteiger partial charge in [-0.15, -0.1) is 22.7 Å². The number of thiophene rings is 1.